The highest BCUT2D eigenvalue weighted by molar-refractivity contribution is 5.72. The van der Waals surface area contributed by atoms with Crippen LogP contribution in [0, 0.1) is 0 Å². The summed E-state index contributed by atoms with van der Waals surface area (Å²) < 4.78 is 5.21. The highest BCUT2D eigenvalue weighted by atomic mass is 16.5. The molecule has 0 fully saturated rings. The van der Waals surface area contributed by atoms with Crippen LogP contribution in [0.4, 0.5) is 0 Å². The van der Waals surface area contributed by atoms with Crippen LogP contribution in [-0.2, 0) is 4.79 Å². The summed E-state index contributed by atoms with van der Waals surface area (Å²) in [4.78, 5) is 9.44. The first-order valence-corrected chi connectivity index (χ1v) is 4.31. The molecule has 0 bridgehead atoms. The van der Waals surface area contributed by atoms with Crippen LogP contribution in [0.5, 0.6) is 5.75 Å². The third-order valence-electron chi connectivity index (χ3n) is 1.05. The summed E-state index contributed by atoms with van der Waals surface area (Å²) in [6, 6.07) is 9.80. The summed E-state index contributed by atoms with van der Waals surface area (Å²) in [5.74, 6) is 1.11. The van der Waals surface area contributed by atoms with Crippen LogP contribution in [0.3, 0.4) is 0 Å². The summed E-state index contributed by atoms with van der Waals surface area (Å²) in [6.07, 6.45) is 0. The molecular weight excluding hydrogens is 164 g/mol. The molecule has 13 heavy (non-hydrogen) atoms. The van der Waals surface area contributed by atoms with E-state index >= 15 is 0 Å². The fourth-order valence-corrected chi connectivity index (χ4v) is 0.683. The van der Waals surface area contributed by atoms with Gasteiger partial charge < -0.3 is 9.53 Å². The molecule has 1 aromatic carbocycles. The Hall–Kier alpha value is -1.31. The Kier molecular flexibility index (Phi) is 6.60. The van der Waals surface area contributed by atoms with Gasteiger partial charge in [0.2, 0.25) is 0 Å². The lowest BCUT2D eigenvalue weighted by atomic mass is 10.3. The van der Waals surface area contributed by atoms with Crippen molar-refractivity contribution in [2.24, 2.45) is 0 Å². The Morgan fingerprint density at radius 3 is 2.08 bits per heavy atom. The molecule has 2 nitrogen and oxygen atoms in total. The van der Waals surface area contributed by atoms with E-state index in [4.69, 9.17) is 4.74 Å². The second-order valence-corrected chi connectivity index (χ2v) is 2.65. The van der Waals surface area contributed by atoms with E-state index < -0.39 is 0 Å². The number of para-hydroxylation sites is 1. The molecule has 2 heteroatoms. The molecule has 0 amide bonds. The molecule has 0 spiro atoms. The smallest absolute Gasteiger partial charge is 0.126 e. The minimum Gasteiger partial charge on any atom is -0.494 e. The molecule has 1 rings (SSSR count). The van der Waals surface area contributed by atoms with Crippen LogP contribution < -0.4 is 4.74 Å². The molecule has 0 saturated heterocycles. The molecule has 0 N–H and O–H groups in total. The van der Waals surface area contributed by atoms with E-state index in [1.54, 1.807) is 0 Å². The number of ether oxygens (including phenoxy) is 1. The standard InChI is InChI=1S/C8H10O.C3H6O/c1-2-9-8-6-4-3-5-7-8;1-3(2)4/h3-7H,2H2,1H3;1-2H3. The molecule has 0 unspecified atom stereocenters. The van der Waals surface area contributed by atoms with Gasteiger partial charge in [0.1, 0.15) is 11.5 Å². The number of carbonyl (C=O) groups is 1. The largest absolute Gasteiger partial charge is 0.494 e. The predicted octanol–water partition coefficient (Wildman–Crippen LogP) is 2.68. The number of rotatable bonds is 2. The topological polar surface area (TPSA) is 26.3 Å². The van der Waals surface area contributed by atoms with E-state index in [0.717, 1.165) is 12.4 Å². The summed E-state index contributed by atoms with van der Waals surface area (Å²) in [5.41, 5.74) is 0. The number of ketones is 1. The first-order chi connectivity index (χ1) is 6.16. The molecule has 0 aromatic heterocycles. The van der Waals surface area contributed by atoms with Crippen molar-refractivity contribution in [2.45, 2.75) is 20.8 Å². The Morgan fingerprint density at radius 2 is 1.69 bits per heavy atom. The fourth-order valence-electron chi connectivity index (χ4n) is 0.683. The highest BCUT2D eigenvalue weighted by Crippen LogP contribution is 2.06. The molecule has 0 saturated carbocycles. The maximum atomic E-state index is 9.44. The van der Waals surface area contributed by atoms with Crippen molar-refractivity contribution in [1.29, 1.82) is 0 Å². The average Bonchev–Trinajstić information content (AvgIpc) is 2.06. The molecule has 0 atom stereocenters. The molecule has 0 aliphatic heterocycles. The fraction of sp³-hybridized carbons (Fsp3) is 0.364. The molecular formula is C11H16O2. The third-order valence-corrected chi connectivity index (χ3v) is 1.05. The lowest BCUT2D eigenvalue weighted by Gasteiger charge is -1.99. The lowest BCUT2D eigenvalue weighted by molar-refractivity contribution is -0.114. The van der Waals surface area contributed by atoms with Crippen LogP contribution in [0.1, 0.15) is 20.8 Å². The predicted molar refractivity (Wildman–Crippen MR) is 54.0 cm³/mol. The number of benzene rings is 1. The Labute approximate surface area is 79.5 Å². The minimum atomic E-state index is 0.167. The van der Waals surface area contributed by atoms with E-state index in [9.17, 15) is 4.79 Å². The van der Waals surface area contributed by atoms with Gasteiger partial charge in [-0.05, 0) is 32.9 Å². The maximum Gasteiger partial charge on any atom is 0.126 e. The van der Waals surface area contributed by atoms with Crippen molar-refractivity contribution in [3.8, 4) is 5.75 Å². The van der Waals surface area contributed by atoms with Crippen molar-refractivity contribution in [1.82, 2.24) is 0 Å². The molecule has 0 radical (unpaired) electrons. The number of hydrogen-bond donors (Lipinski definition) is 0. The molecule has 72 valence electrons. The van der Waals surface area contributed by atoms with E-state index in [0.29, 0.717) is 0 Å². The van der Waals surface area contributed by atoms with Gasteiger partial charge >= 0.3 is 0 Å². The third kappa shape index (κ3) is 8.60. The first-order valence-electron chi connectivity index (χ1n) is 4.31. The molecule has 0 aliphatic carbocycles. The summed E-state index contributed by atoms with van der Waals surface area (Å²) in [7, 11) is 0. The quantitative estimate of drug-likeness (QED) is 0.699. The second kappa shape index (κ2) is 7.35. The van der Waals surface area contributed by atoms with Gasteiger partial charge in [-0.1, -0.05) is 18.2 Å². The van der Waals surface area contributed by atoms with E-state index in [-0.39, 0.29) is 5.78 Å². The normalized spacial score (nSPS) is 8.23. The second-order valence-electron chi connectivity index (χ2n) is 2.65. The Morgan fingerprint density at radius 1 is 1.23 bits per heavy atom. The van der Waals surface area contributed by atoms with Gasteiger partial charge in [0, 0.05) is 0 Å². The first kappa shape index (κ1) is 11.7. The monoisotopic (exact) mass is 180 g/mol. The van der Waals surface area contributed by atoms with Crippen LogP contribution >= 0.6 is 0 Å². The highest BCUT2D eigenvalue weighted by Gasteiger charge is 1.83. The van der Waals surface area contributed by atoms with Crippen molar-refractivity contribution in [2.75, 3.05) is 6.61 Å². The van der Waals surface area contributed by atoms with E-state index in [1.165, 1.54) is 13.8 Å². The van der Waals surface area contributed by atoms with Gasteiger partial charge in [-0.2, -0.15) is 0 Å². The summed E-state index contributed by atoms with van der Waals surface area (Å²) in [6.45, 7) is 5.77. The number of carbonyl (C=O) groups excluding carboxylic acids is 1. The van der Waals surface area contributed by atoms with Crippen LogP contribution in [-0.4, -0.2) is 12.4 Å². The molecule has 0 heterocycles. The minimum absolute atomic E-state index is 0.167. The van der Waals surface area contributed by atoms with Crippen molar-refractivity contribution in [3.05, 3.63) is 30.3 Å². The maximum absolute atomic E-state index is 9.44. The zero-order valence-corrected chi connectivity index (χ0v) is 8.41. The SMILES string of the molecule is CC(C)=O.CCOc1ccccc1. The molecule has 0 aliphatic rings. The van der Waals surface area contributed by atoms with Crippen LogP contribution in [0.25, 0.3) is 0 Å². The van der Waals surface area contributed by atoms with Crippen LogP contribution in [0.15, 0.2) is 30.3 Å². The number of Topliss-reactive ketones (excluding diaryl/α,β-unsaturated/α-hetero) is 1. The zero-order valence-electron chi connectivity index (χ0n) is 8.41. The van der Waals surface area contributed by atoms with Gasteiger partial charge in [0.15, 0.2) is 0 Å². The summed E-state index contributed by atoms with van der Waals surface area (Å²) >= 11 is 0. The van der Waals surface area contributed by atoms with Gasteiger partial charge in [-0.15, -0.1) is 0 Å². The van der Waals surface area contributed by atoms with Gasteiger partial charge in [-0.25, -0.2) is 0 Å². The van der Waals surface area contributed by atoms with Crippen molar-refractivity contribution >= 4 is 5.78 Å². The van der Waals surface area contributed by atoms with Gasteiger partial charge in [0.05, 0.1) is 6.61 Å². The van der Waals surface area contributed by atoms with E-state index in [2.05, 4.69) is 0 Å². The zero-order chi connectivity index (χ0) is 10.1. The van der Waals surface area contributed by atoms with E-state index in [1.807, 2.05) is 37.3 Å². The molecule has 1 aromatic rings. The van der Waals surface area contributed by atoms with Crippen molar-refractivity contribution < 1.29 is 9.53 Å². The van der Waals surface area contributed by atoms with Gasteiger partial charge in [-0.3, -0.25) is 0 Å². The average molecular weight is 180 g/mol. The van der Waals surface area contributed by atoms with Crippen LogP contribution in [0.2, 0.25) is 0 Å². The number of hydrogen-bond acceptors (Lipinski definition) is 2. The van der Waals surface area contributed by atoms with Crippen molar-refractivity contribution in [3.63, 3.8) is 0 Å². The van der Waals surface area contributed by atoms with Gasteiger partial charge in [0.25, 0.3) is 0 Å². The Balaban J connectivity index is 0.000000310. The lowest BCUT2D eigenvalue weighted by Crippen LogP contribution is -1.89. The summed E-state index contributed by atoms with van der Waals surface area (Å²) in [5, 5.41) is 0. The Bertz CT molecular complexity index is 225.